The van der Waals surface area contributed by atoms with Gasteiger partial charge < -0.3 is 9.72 Å². The molecule has 0 bridgehead atoms. The van der Waals surface area contributed by atoms with Gasteiger partial charge in [-0.05, 0) is 38.3 Å². The van der Waals surface area contributed by atoms with Crippen LogP contribution in [0.4, 0.5) is 0 Å². The monoisotopic (exact) mass is 296 g/mol. The molecule has 2 saturated carbocycles. The van der Waals surface area contributed by atoms with Crippen molar-refractivity contribution in [3.05, 3.63) is 36.0 Å². The molecule has 5 atom stereocenters. The Labute approximate surface area is 129 Å². The highest BCUT2D eigenvalue weighted by atomic mass is 16.5. The summed E-state index contributed by atoms with van der Waals surface area (Å²) in [7, 11) is 2.22. The zero-order valence-corrected chi connectivity index (χ0v) is 12.7. The summed E-state index contributed by atoms with van der Waals surface area (Å²) in [6.45, 7) is 0. The Morgan fingerprint density at radius 2 is 2.23 bits per heavy atom. The molecule has 4 heteroatoms. The topological polar surface area (TPSA) is 45.1 Å². The number of fused-ring (bicyclic) bond motifs is 1. The van der Waals surface area contributed by atoms with Crippen LogP contribution < -0.4 is 0 Å². The van der Waals surface area contributed by atoms with Crippen LogP contribution >= 0.6 is 0 Å². The van der Waals surface area contributed by atoms with Gasteiger partial charge in [-0.25, -0.2) is 4.79 Å². The number of esters is 1. The minimum atomic E-state index is -0.182. The van der Waals surface area contributed by atoms with Crippen molar-refractivity contribution in [2.24, 2.45) is 5.92 Å². The number of ether oxygens (including phenoxy) is 1. The van der Waals surface area contributed by atoms with Crippen molar-refractivity contribution in [1.29, 1.82) is 0 Å². The van der Waals surface area contributed by atoms with E-state index in [1.54, 1.807) is 6.20 Å². The van der Waals surface area contributed by atoms with E-state index in [0.29, 0.717) is 11.1 Å². The van der Waals surface area contributed by atoms with Crippen LogP contribution in [0.2, 0.25) is 0 Å². The fourth-order valence-corrected chi connectivity index (χ4v) is 5.26. The van der Waals surface area contributed by atoms with E-state index in [1.807, 2.05) is 24.3 Å². The normalized spacial score (nSPS) is 38.8. The summed E-state index contributed by atoms with van der Waals surface area (Å²) in [4.78, 5) is 18.2. The molecule has 5 rings (SSSR count). The van der Waals surface area contributed by atoms with Crippen molar-refractivity contribution in [3.8, 4) is 0 Å². The first-order valence-electron chi connectivity index (χ1n) is 8.20. The van der Waals surface area contributed by atoms with Gasteiger partial charge in [0, 0.05) is 35.1 Å². The van der Waals surface area contributed by atoms with Gasteiger partial charge in [-0.15, -0.1) is 0 Å². The van der Waals surface area contributed by atoms with Crippen LogP contribution in [0.5, 0.6) is 0 Å². The summed E-state index contributed by atoms with van der Waals surface area (Å²) in [5, 5.41) is 0.949. The van der Waals surface area contributed by atoms with Crippen molar-refractivity contribution < 1.29 is 9.53 Å². The molecule has 1 aromatic heterocycles. The molecular formula is C18H20N2O2. The Morgan fingerprint density at radius 1 is 1.36 bits per heavy atom. The average Bonchev–Trinajstić information content (AvgIpc) is 2.94. The fourth-order valence-electron chi connectivity index (χ4n) is 5.26. The van der Waals surface area contributed by atoms with Crippen molar-refractivity contribution >= 4 is 16.9 Å². The van der Waals surface area contributed by atoms with Gasteiger partial charge in [-0.2, -0.15) is 0 Å². The van der Waals surface area contributed by atoms with Crippen LogP contribution in [0.25, 0.3) is 10.9 Å². The van der Waals surface area contributed by atoms with Crippen molar-refractivity contribution in [1.82, 2.24) is 9.88 Å². The van der Waals surface area contributed by atoms with E-state index < -0.39 is 0 Å². The van der Waals surface area contributed by atoms with Gasteiger partial charge in [0.05, 0.1) is 5.56 Å². The molecule has 0 amide bonds. The number of carbonyl (C=O) groups is 1. The van der Waals surface area contributed by atoms with Gasteiger partial charge in [-0.1, -0.05) is 18.2 Å². The number of hydrogen-bond donors (Lipinski definition) is 1. The van der Waals surface area contributed by atoms with Crippen molar-refractivity contribution in [2.45, 2.75) is 43.4 Å². The SMILES string of the molecule is CN1[C@@H]2CC[C@@H]3CC(OC(=O)c4c[nH]c5ccccc45)CC321. The molecule has 3 unspecified atom stereocenters. The van der Waals surface area contributed by atoms with Crippen LogP contribution in [-0.4, -0.2) is 40.6 Å². The Balaban J connectivity index is 1.36. The second-order valence-electron chi connectivity index (χ2n) is 7.11. The third kappa shape index (κ3) is 1.48. The van der Waals surface area contributed by atoms with Gasteiger partial charge in [0.15, 0.2) is 0 Å². The first kappa shape index (κ1) is 12.7. The zero-order chi connectivity index (χ0) is 14.9. The van der Waals surface area contributed by atoms with E-state index in [2.05, 4.69) is 16.9 Å². The summed E-state index contributed by atoms with van der Waals surface area (Å²) in [5.41, 5.74) is 2.01. The summed E-state index contributed by atoms with van der Waals surface area (Å²) < 4.78 is 5.85. The number of rotatable bonds is 2. The predicted molar refractivity (Wildman–Crippen MR) is 83.7 cm³/mol. The third-order valence-corrected chi connectivity index (χ3v) is 6.31. The molecule has 2 aromatic rings. The number of carbonyl (C=O) groups excluding carboxylic acids is 1. The highest BCUT2D eigenvalue weighted by molar-refractivity contribution is 6.04. The Kier molecular flexibility index (Phi) is 2.39. The van der Waals surface area contributed by atoms with Crippen molar-refractivity contribution in [2.75, 3.05) is 7.05 Å². The fraction of sp³-hybridized carbons (Fsp3) is 0.500. The van der Waals surface area contributed by atoms with Crippen LogP contribution in [-0.2, 0) is 4.74 Å². The van der Waals surface area contributed by atoms with E-state index in [1.165, 1.54) is 12.8 Å². The van der Waals surface area contributed by atoms with Gasteiger partial charge in [0.2, 0.25) is 0 Å². The molecule has 3 fully saturated rings. The molecule has 2 aliphatic carbocycles. The quantitative estimate of drug-likeness (QED) is 0.684. The molecule has 114 valence electrons. The van der Waals surface area contributed by atoms with E-state index in [-0.39, 0.29) is 12.1 Å². The number of hydrogen-bond acceptors (Lipinski definition) is 3. The minimum Gasteiger partial charge on any atom is -0.459 e. The lowest BCUT2D eigenvalue weighted by Gasteiger charge is -2.13. The van der Waals surface area contributed by atoms with E-state index >= 15 is 0 Å². The lowest BCUT2D eigenvalue weighted by atomic mass is 9.98. The Hall–Kier alpha value is -1.81. The number of aromatic nitrogens is 1. The smallest absolute Gasteiger partial charge is 0.340 e. The molecule has 1 aliphatic heterocycles. The number of likely N-dealkylation sites (tertiary alicyclic amines) is 1. The number of nitrogens with one attached hydrogen (secondary N) is 1. The van der Waals surface area contributed by atoms with Crippen LogP contribution in [0.1, 0.15) is 36.0 Å². The minimum absolute atomic E-state index is 0.0823. The molecule has 0 radical (unpaired) electrons. The van der Waals surface area contributed by atoms with Gasteiger partial charge in [0.1, 0.15) is 6.10 Å². The van der Waals surface area contributed by atoms with E-state index in [0.717, 1.165) is 35.7 Å². The molecule has 22 heavy (non-hydrogen) atoms. The molecular weight excluding hydrogens is 276 g/mol. The maximum atomic E-state index is 12.5. The highest BCUT2D eigenvalue weighted by Crippen LogP contribution is 2.63. The van der Waals surface area contributed by atoms with Gasteiger partial charge in [-0.3, -0.25) is 4.90 Å². The number of para-hydroxylation sites is 1. The first-order chi connectivity index (χ1) is 10.7. The lowest BCUT2D eigenvalue weighted by Crippen LogP contribution is -2.21. The second-order valence-corrected chi connectivity index (χ2v) is 7.11. The number of piperidine rings is 1. The van der Waals surface area contributed by atoms with Crippen LogP contribution in [0.3, 0.4) is 0 Å². The highest BCUT2D eigenvalue weighted by Gasteiger charge is 2.71. The number of H-pyrrole nitrogens is 1. The maximum absolute atomic E-state index is 12.5. The third-order valence-electron chi connectivity index (χ3n) is 6.31. The van der Waals surface area contributed by atoms with Crippen LogP contribution in [0.15, 0.2) is 30.5 Å². The predicted octanol–water partition coefficient (Wildman–Crippen LogP) is 2.95. The molecule has 2 heterocycles. The zero-order valence-electron chi connectivity index (χ0n) is 12.7. The largest absolute Gasteiger partial charge is 0.459 e. The van der Waals surface area contributed by atoms with Crippen molar-refractivity contribution in [3.63, 3.8) is 0 Å². The standard InChI is InChI=1S/C18H20N2O2/c1-20-16-7-6-11-8-12(9-18(11,16)20)22-17(21)14-10-19-15-5-3-2-4-13(14)15/h2-5,10-12,16,19H,6-9H2,1H3/t11-,12?,16-,18?,20?/m1/s1. The van der Waals surface area contributed by atoms with E-state index in [4.69, 9.17) is 4.74 Å². The van der Waals surface area contributed by atoms with Gasteiger partial charge >= 0.3 is 5.97 Å². The molecule has 1 spiro atoms. The van der Waals surface area contributed by atoms with Crippen LogP contribution in [0, 0.1) is 5.92 Å². The van der Waals surface area contributed by atoms with Gasteiger partial charge in [0.25, 0.3) is 0 Å². The molecule has 1 N–H and O–H groups in total. The average molecular weight is 296 g/mol. The van der Waals surface area contributed by atoms with E-state index in [9.17, 15) is 4.79 Å². The number of likely N-dealkylation sites (N-methyl/N-ethyl adjacent to an activating group) is 1. The molecule has 3 aliphatic rings. The number of benzene rings is 1. The summed E-state index contributed by atoms with van der Waals surface area (Å²) in [6.07, 6.45) is 6.54. The Morgan fingerprint density at radius 3 is 3.05 bits per heavy atom. The molecule has 1 aromatic carbocycles. The first-order valence-corrected chi connectivity index (χ1v) is 8.20. The lowest BCUT2D eigenvalue weighted by molar-refractivity contribution is 0.0305. The number of aromatic amines is 1. The summed E-state index contributed by atoms with van der Waals surface area (Å²) in [6, 6.07) is 8.61. The second kappa shape index (κ2) is 4.13. The molecule has 1 saturated heterocycles. The number of nitrogens with zero attached hydrogens (tertiary/aromatic N) is 1. The maximum Gasteiger partial charge on any atom is 0.340 e. The Bertz CT molecular complexity index is 767. The summed E-state index contributed by atoms with van der Waals surface area (Å²) >= 11 is 0. The summed E-state index contributed by atoms with van der Waals surface area (Å²) in [5.74, 6) is 0.543. The molecule has 4 nitrogen and oxygen atoms in total.